The van der Waals surface area contributed by atoms with E-state index in [0.29, 0.717) is 0 Å². The maximum Gasteiger partial charge on any atom is 0.331 e. The number of ether oxygens (including phenoxy) is 1. The second kappa shape index (κ2) is 5.73. The smallest absolute Gasteiger partial charge is 0.331 e. The number of hydrogen-bond donors (Lipinski definition) is 0. The second-order valence-electron chi connectivity index (χ2n) is 2.12. The molecular weight excluding hydrogens is 172 g/mol. The molecule has 0 spiro atoms. The van der Waals surface area contributed by atoms with Gasteiger partial charge in [0.05, 0.1) is 25.2 Å². The lowest BCUT2D eigenvalue weighted by Crippen LogP contribution is -2.24. The van der Waals surface area contributed by atoms with Crippen molar-refractivity contribution in [3.8, 4) is 12.1 Å². The van der Waals surface area contributed by atoms with Crippen LogP contribution in [-0.4, -0.2) is 18.4 Å². The first-order valence-corrected chi connectivity index (χ1v) is 3.63. The van der Waals surface area contributed by atoms with Crippen molar-refractivity contribution in [2.75, 3.05) is 6.61 Å². The molecule has 0 saturated carbocycles. The molecule has 0 aliphatic rings. The highest BCUT2D eigenvalue weighted by molar-refractivity contribution is 6.02. The molecule has 0 rings (SSSR count). The van der Waals surface area contributed by atoms with Crippen molar-refractivity contribution in [1.82, 2.24) is 0 Å². The van der Waals surface area contributed by atoms with E-state index in [4.69, 9.17) is 10.5 Å². The molecule has 0 aliphatic heterocycles. The van der Waals surface area contributed by atoms with Crippen LogP contribution in [0.4, 0.5) is 0 Å². The molecule has 0 saturated heterocycles. The second-order valence-corrected chi connectivity index (χ2v) is 2.12. The fourth-order valence-electron chi connectivity index (χ4n) is 0.662. The first kappa shape index (κ1) is 11.1. The lowest BCUT2D eigenvalue weighted by Gasteiger charge is -2.04. The van der Waals surface area contributed by atoms with E-state index >= 15 is 0 Å². The van der Waals surface area contributed by atoms with Crippen LogP contribution in [0.1, 0.15) is 13.3 Å². The van der Waals surface area contributed by atoms with Gasteiger partial charge in [-0.1, -0.05) is 0 Å². The van der Waals surface area contributed by atoms with Gasteiger partial charge in [0.25, 0.3) is 0 Å². The zero-order valence-corrected chi connectivity index (χ0v) is 7.11. The number of carbonyl (C=O) groups is 2. The monoisotopic (exact) mass is 180 g/mol. The quantitative estimate of drug-likeness (QED) is 0.454. The van der Waals surface area contributed by atoms with E-state index in [1.54, 1.807) is 13.0 Å². The molecule has 0 bridgehead atoms. The summed E-state index contributed by atoms with van der Waals surface area (Å²) in [4.78, 5) is 21.9. The van der Waals surface area contributed by atoms with Gasteiger partial charge in [0.1, 0.15) is 0 Å². The van der Waals surface area contributed by atoms with Gasteiger partial charge in [-0.05, 0) is 6.92 Å². The van der Waals surface area contributed by atoms with Crippen LogP contribution in [0.3, 0.4) is 0 Å². The van der Waals surface area contributed by atoms with Gasteiger partial charge in [-0.3, -0.25) is 9.59 Å². The summed E-state index contributed by atoms with van der Waals surface area (Å²) >= 11 is 0. The molecule has 0 heterocycles. The molecule has 0 amide bonds. The molecule has 1 unspecified atom stereocenters. The predicted molar refractivity (Wildman–Crippen MR) is 41.0 cm³/mol. The summed E-state index contributed by atoms with van der Waals surface area (Å²) in [7, 11) is 0. The molecule has 0 aromatic carbocycles. The van der Waals surface area contributed by atoms with E-state index < -0.39 is 24.1 Å². The van der Waals surface area contributed by atoms with Crippen LogP contribution in [0.25, 0.3) is 0 Å². The molecule has 0 aliphatic carbocycles. The Kier molecular flexibility index (Phi) is 4.90. The summed E-state index contributed by atoms with van der Waals surface area (Å²) in [5.41, 5.74) is 0. The number of carbonyl (C=O) groups excluding carboxylic acids is 2. The van der Waals surface area contributed by atoms with Gasteiger partial charge in [0.15, 0.2) is 5.78 Å². The molecule has 13 heavy (non-hydrogen) atoms. The van der Waals surface area contributed by atoms with E-state index in [9.17, 15) is 9.59 Å². The Morgan fingerprint density at radius 2 is 2.08 bits per heavy atom. The van der Waals surface area contributed by atoms with Gasteiger partial charge in [-0.15, -0.1) is 0 Å². The maximum absolute atomic E-state index is 10.9. The van der Waals surface area contributed by atoms with Crippen LogP contribution < -0.4 is 0 Å². The summed E-state index contributed by atoms with van der Waals surface area (Å²) in [6.07, 6.45) is -0.447. The third-order valence-electron chi connectivity index (χ3n) is 1.23. The lowest BCUT2D eigenvalue weighted by molar-refractivity contribution is -0.148. The van der Waals surface area contributed by atoms with Gasteiger partial charge in [0.2, 0.25) is 5.92 Å². The van der Waals surface area contributed by atoms with Crippen LogP contribution in [0.2, 0.25) is 0 Å². The van der Waals surface area contributed by atoms with Gasteiger partial charge < -0.3 is 4.74 Å². The Morgan fingerprint density at radius 1 is 1.46 bits per heavy atom. The van der Waals surface area contributed by atoms with Crippen molar-refractivity contribution in [3.63, 3.8) is 0 Å². The van der Waals surface area contributed by atoms with Crippen molar-refractivity contribution in [3.05, 3.63) is 0 Å². The van der Waals surface area contributed by atoms with E-state index in [1.807, 2.05) is 0 Å². The van der Waals surface area contributed by atoms with E-state index in [1.165, 1.54) is 6.07 Å². The van der Waals surface area contributed by atoms with Crippen LogP contribution >= 0.6 is 0 Å². The number of nitrogens with zero attached hydrogens (tertiary/aromatic N) is 2. The molecule has 0 aromatic rings. The number of ketones is 1. The van der Waals surface area contributed by atoms with Crippen molar-refractivity contribution in [2.24, 2.45) is 5.92 Å². The van der Waals surface area contributed by atoms with E-state index in [0.717, 1.165) is 0 Å². The number of rotatable bonds is 4. The third-order valence-corrected chi connectivity index (χ3v) is 1.23. The highest BCUT2D eigenvalue weighted by atomic mass is 16.5. The van der Waals surface area contributed by atoms with Crippen LogP contribution in [0.15, 0.2) is 0 Å². The summed E-state index contributed by atoms with van der Waals surface area (Å²) in [5.74, 6) is -3.06. The lowest BCUT2D eigenvalue weighted by atomic mass is 10.0. The maximum atomic E-state index is 10.9. The minimum Gasteiger partial charge on any atom is -0.465 e. The first-order chi connectivity index (χ1) is 6.17. The van der Waals surface area contributed by atoms with E-state index in [-0.39, 0.29) is 6.61 Å². The SMILES string of the molecule is CCOC(=O)C(C#N)C(=O)CC#N. The molecule has 0 aromatic heterocycles. The summed E-state index contributed by atoms with van der Waals surface area (Å²) in [6.45, 7) is 1.68. The largest absolute Gasteiger partial charge is 0.465 e. The Labute approximate surface area is 75.5 Å². The zero-order valence-electron chi connectivity index (χ0n) is 7.11. The molecule has 0 radical (unpaired) electrons. The fourth-order valence-corrected chi connectivity index (χ4v) is 0.662. The number of nitriles is 2. The van der Waals surface area contributed by atoms with Crippen molar-refractivity contribution >= 4 is 11.8 Å². The standard InChI is InChI=1S/C8H8N2O3/c1-2-13-8(12)6(5-10)7(11)3-4-9/h6H,2-3H2,1H3. The number of esters is 1. The van der Waals surface area contributed by atoms with Crippen LogP contribution in [0, 0.1) is 28.6 Å². The number of Topliss-reactive ketones (excluding diaryl/α,β-unsaturated/α-hetero) is 1. The highest BCUT2D eigenvalue weighted by Crippen LogP contribution is 2.02. The van der Waals surface area contributed by atoms with Crippen LogP contribution in [-0.2, 0) is 14.3 Å². The molecular formula is C8H8N2O3. The summed E-state index contributed by atoms with van der Waals surface area (Å²) in [6, 6.07) is 3.07. The average molecular weight is 180 g/mol. The highest BCUT2D eigenvalue weighted by Gasteiger charge is 2.26. The summed E-state index contributed by atoms with van der Waals surface area (Å²) in [5, 5.41) is 16.6. The Bertz CT molecular complexity index is 285. The summed E-state index contributed by atoms with van der Waals surface area (Å²) < 4.78 is 4.47. The van der Waals surface area contributed by atoms with Gasteiger partial charge in [0, 0.05) is 0 Å². The molecule has 0 N–H and O–H groups in total. The normalized spacial score (nSPS) is 10.7. The van der Waals surface area contributed by atoms with Crippen molar-refractivity contribution in [1.29, 1.82) is 10.5 Å². The first-order valence-electron chi connectivity index (χ1n) is 3.63. The predicted octanol–water partition coefficient (Wildman–Crippen LogP) is 0.172. The Morgan fingerprint density at radius 3 is 2.46 bits per heavy atom. The van der Waals surface area contributed by atoms with Crippen LogP contribution in [0.5, 0.6) is 0 Å². The Hall–Kier alpha value is -1.88. The van der Waals surface area contributed by atoms with Gasteiger partial charge in [-0.2, -0.15) is 10.5 Å². The number of hydrogen-bond acceptors (Lipinski definition) is 5. The molecule has 68 valence electrons. The molecule has 1 atom stereocenters. The van der Waals surface area contributed by atoms with Gasteiger partial charge >= 0.3 is 5.97 Å². The third kappa shape index (κ3) is 3.35. The zero-order chi connectivity index (χ0) is 10.3. The minimum atomic E-state index is -1.46. The van der Waals surface area contributed by atoms with Crippen molar-refractivity contribution < 1.29 is 14.3 Å². The molecule has 5 heteroatoms. The average Bonchev–Trinajstić information content (AvgIpc) is 2.06. The van der Waals surface area contributed by atoms with Gasteiger partial charge in [-0.25, -0.2) is 0 Å². The molecule has 0 fully saturated rings. The van der Waals surface area contributed by atoms with E-state index in [2.05, 4.69) is 4.74 Å². The topological polar surface area (TPSA) is 90.9 Å². The molecule has 5 nitrogen and oxygen atoms in total. The minimum absolute atomic E-state index is 0.108. The fraction of sp³-hybridized carbons (Fsp3) is 0.500. The van der Waals surface area contributed by atoms with Crippen molar-refractivity contribution in [2.45, 2.75) is 13.3 Å². The Balaban J connectivity index is 4.37.